The Balaban J connectivity index is 0. The summed E-state index contributed by atoms with van der Waals surface area (Å²) >= 11 is 0. The molecule has 0 amide bonds. The van der Waals surface area contributed by atoms with Crippen molar-refractivity contribution in [2.75, 3.05) is 0 Å². The Kier molecular flexibility index (Phi) is 7140000. The van der Waals surface area contributed by atoms with Crippen LogP contribution < -0.4 is 0 Å². The molecule has 0 aliphatic carbocycles. The van der Waals surface area contributed by atoms with Gasteiger partial charge in [0.15, 0.2) is 0 Å². The van der Waals surface area contributed by atoms with Crippen LogP contribution in [0.15, 0.2) is 0 Å². The van der Waals surface area contributed by atoms with Crippen LogP contribution in [0, 0.1) is 0 Å². The van der Waals surface area contributed by atoms with Crippen LogP contribution in [0.2, 0.25) is 0 Å². The van der Waals surface area contributed by atoms with Crippen molar-refractivity contribution in [1.29, 1.82) is 0 Å². The SMILES string of the molecule is O.O.O.O.O.O.O.O.O.O.O.O.O.O.O.O.O.O.O.O.O.O.O.O.O.O.O.O.O.O. The van der Waals surface area contributed by atoms with Gasteiger partial charge in [-0.2, -0.15) is 0 Å². The van der Waals surface area contributed by atoms with Gasteiger partial charge in [-0.25, -0.2) is 0 Å². The zero-order valence-electron chi connectivity index (χ0n) is 15.0. The molecule has 0 aromatic carbocycles. The highest BCUT2D eigenvalue weighted by Gasteiger charge is -0.383. The summed E-state index contributed by atoms with van der Waals surface area (Å²) in [5.74, 6) is 0. The summed E-state index contributed by atoms with van der Waals surface area (Å²) in [7, 11) is 0. The van der Waals surface area contributed by atoms with E-state index in [-0.39, 0.29) is 164 Å². The summed E-state index contributed by atoms with van der Waals surface area (Å²) in [6.07, 6.45) is 0. The molecule has 0 fully saturated rings. The molecule has 0 aromatic heterocycles. The molecule has 30 heteroatoms. The van der Waals surface area contributed by atoms with Crippen molar-refractivity contribution in [2.45, 2.75) is 0 Å². The summed E-state index contributed by atoms with van der Waals surface area (Å²) in [5.41, 5.74) is 0. The van der Waals surface area contributed by atoms with Gasteiger partial charge in [0, 0.05) is 0 Å². The van der Waals surface area contributed by atoms with E-state index in [0.29, 0.717) is 0 Å². The van der Waals surface area contributed by atoms with Crippen LogP contribution in [0.5, 0.6) is 0 Å². The second-order valence-electron chi connectivity index (χ2n) is 0. The molecule has 60 N–H and O–H groups in total. The van der Waals surface area contributed by atoms with Crippen molar-refractivity contribution >= 4 is 0 Å². The summed E-state index contributed by atoms with van der Waals surface area (Å²) in [5, 5.41) is 0. The molecule has 0 spiro atoms. The molecular formula is H60O30. The van der Waals surface area contributed by atoms with Crippen LogP contribution in [0.1, 0.15) is 0 Å². The van der Waals surface area contributed by atoms with E-state index < -0.39 is 0 Å². The number of hydrogen-bond acceptors (Lipinski definition) is 0. The van der Waals surface area contributed by atoms with Crippen molar-refractivity contribution in [3.05, 3.63) is 0 Å². The van der Waals surface area contributed by atoms with Crippen molar-refractivity contribution in [3.8, 4) is 0 Å². The van der Waals surface area contributed by atoms with Crippen LogP contribution in [0.4, 0.5) is 0 Å². The topological polar surface area (TPSA) is 945 Å². The van der Waals surface area contributed by atoms with Crippen LogP contribution in [-0.4, -0.2) is 164 Å². The Morgan fingerprint density at radius 1 is 0.0333 bits per heavy atom. The van der Waals surface area contributed by atoms with Gasteiger partial charge in [-0.1, -0.05) is 0 Å². The molecule has 0 rings (SSSR count). The number of rotatable bonds is 0. The van der Waals surface area contributed by atoms with E-state index in [1.807, 2.05) is 0 Å². The van der Waals surface area contributed by atoms with Gasteiger partial charge in [-0.05, 0) is 0 Å². The first-order chi connectivity index (χ1) is 0. The van der Waals surface area contributed by atoms with Crippen LogP contribution in [-0.2, 0) is 0 Å². The van der Waals surface area contributed by atoms with Gasteiger partial charge in [-0.3, -0.25) is 0 Å². The van der Waals surface area contributed by atoms with E-state index in [9.17, 15) is 0 Å². The maximum Gasteiger partial charge on any atom is -0.412 e. The molecule has 30 nitrogen and oxygen atoms in total. The molecule has 0 bridgehead atoms. The minimum Gasteiger partial charge on any atom is -0.412 e. The average Bonchev–Trinajstić information content (AvgIpc) is 0. The molecule has 0 aliphatic heterocycles. The summed E-state index contributed by atoms with van der Waals surface area (Å²) in [6.45, 7) is 0. The van der Waals surface area contributed by atoms with Crippen molar-refractivity contribution in [3.63, 3.8) is 0 Å². The molecule has 0 unspecified atom stereocenters. The minimum absolute atomic E-state index is 0. The predicted molar refractivity (Wildman–Crippen MR) is 108 cm³/mol. The van der Waals surface area contributed by atoms with Crippen LogP contribution in [0.3, 0.4) is 0 Å². The van der Waals surface area contributed by atoms with Gasteiger partial charge in [0.05, 0.1) is 0 Å². The number of hydrogen-bond donors (Lipinski definition) is 0. The molecular weight excluding hydrogens is 480 g/mol. The summed E-state index contributed by atoms with van der Waals surface area (Å²) in [4.78, 5) is 0. The Morgan fingerprint density at radius 3 is 0.0333 bits per heavy atom. The monoisotopic (exact) mass is 540 g/mol. The molecule has 0 saturated carbocycles. The molecule has 0 aliphatic rings. The van der Waals surface area contributed by atoms with E-state index in [2.05, 4.69) is 0 Å². The van der Waals surface area contributed by atoms with E-state index in [1.165, 1.54) is 0 Å². The third-order valence-corrected chi connectivity index (χ3v) is 0. The van der Waals surface area contributed by atoms with E-state index in [0.717, 1.165) is 0 Å². The molecule has 0 saturated heterocycles. The maximum absolute atomic E-state index is 0. The fourth-order valence-corrected chi connectivity index (χ4v) is 0. The standard InChI is InChI=1S/30H2O/h30*1H2. The van der Waals surface area contributed by atoms with E-state index in [4.69, 9.17) is 0 Å². The van der Waals surface area contributed by atoms with Gasteiger partial charge in [0.1, 0.15) is 0 Å². The van der Waals surface area contributed by atoms with E-state index in [1.54, 1.807) is 0 Å². The third kappa shape index (κ3) is 12400. The first kappa shape index (κ1) is 15500. The fourth-order valence-electron chi connectivity index (χ4n) is 0. The molecule has 30 heavy (non-hydrogen) atoms. The highest BCUT2D eigenvalue weighted by Crippen LogP contribution is -0.260. The molecule has 240 valence electrons. The van der Waals surface area contributed by atoms with Gasteiger partial charge >= 0.3 is 0 Å². The lowest BCUT2D eigenvalue weighted by atomic mass is 16.0. The third-order valence-electron chi connectivity index (χ3n) is 0. The molecule has 0 radical (unpaired) electrons. The lowest BCUT2D eigenvalue weighted by Crippen LogP contribution is -0.290. The largest absolute Gasteiger partial charge is 0.412 e. The first-order valence-electron chi connectivity index (χ1n) is 0. The van der Waals surface area contributed by atoms with Gasteiger partial charge in [0.25, 0.3) is 0 Å². The lowest BCUT2D eigenvalue weighted by Gasteiger charge is -0.413. The Bertz CT molecular complexity index is 0. The minimum atomic E-state index is 0. The van der Waals surface area contributed by atoms with Gasteiger partial charge in [0.2, 0.25) is 0 Å². The normalized spacial score (nSPS) is 0. The fraction of sp³-hybridized carbons (Fsp3) is 0. The molecule has 0 heterocycles. The smallest absolute Gasteiger partial charge is 0.412 e. The van der Waals surface area contributed by atoms with E-state index >= 15 is 0 Å². The predicted octanol–water partition coefficient (Wildman–Crippen LogP) is -24.7. The Morgan fingerprint density at radius 2 is 0.0333 bits per heavy atom. The second-order valence-corrected chi connectivity index (χ2v) is 0. The summed E-state index contributed by atoms with van der Waals surface area (Å²) < 4.78 is 0. The van der Waals surface area contributed by atoms with Crippen molar-refractivity contribution in [1.82, 2.24) is 0 Å². The zero-order chi connectivity index (χ0) is 0. The second kappa shape index (κ2) is 13900. The van der Waals surface area contributed by atoms with Crippen LogP contribution >= 0.6 is 0 Å². The lowest BCUT2D eigenvalue weighted by molar-refractivity contribution is 0.823. The van der Waals surface area contributed by atoms with Crippen molar-refractivity contribution < 1.29 is 164 Å². The highest BCUT2D eigenvalue weighted by atomic mass is 16.0. The Labute approximate surface area is 166 Å². The maximum atomic E-state index is 0. The summed E-state index contributed by atoms with van der Waals surface area (Å²) in [6, 6.07) is 0. The van der Waals surface area contributed by atoms with Gasteiger partial charge < -0.3 is 164 Å². The van der Waals surface area contributed by atoms with Crippen molar-refractivity contribution in [2.24, 2.45) is 0 Å². The molecule has 0 aromatic rings. The quantitative estimate of drug-likeness (QED) is 0.276. The highest BCUT2D eigenvalue weighted by molar-refractivity contribution is 0.853. The zero-order valence-corrected chi connectivity index (χ0v) is 15.0. The average molecular weight is 540 g/mol. The first-order valence-corrected chi connectivity index (χ1v) is 0. The Hall–Kier alpha value is -1.20. The van der Waals surface area contributed by atoms with Gasteiger partial charge in [-0.15, -0.1) is 0 Å². The van der Waals surface area contributed by atoms with Crippen LogP contribution in [0.25, 0.3) is 0 Å². The molecule has 0 atom stereocenters.